The van der Waals surface area contributed by atoms with Gasteiger partial charge in [0.15, 0.2) is 0 Å². The number of benzene rings is 2. The van der Waals surface area contributed by atoms with E-state index in [1.165, 1.54) is 0 Å². The molecule has 11 nitrogen and oxygen atoms in total. The molecule has 1 aromatic heterocycles. The Morgan fingerprint density at radius 3 is 2.10 bits per heavy atom. The molecule has 0 unspecified atom stereocenters. The van der Waals surface area contributed by atoms with Crippen LogP contribution in [0.2, 0.25) is 0 Å². The first-order valence-electron chi connectivity index (χ1n) is 8.80. The molecule has 12 heteroatoms. The summed E-state index contributed by atoms with van der Waals surface area (Å²) in [6.45, 7) is 1.76. The van der Waals surface area contributed by atoms with E-state index in [9.17, 15) is 19.7 Å². The molecule has 0 atom stereocenters. The topological polar surface area (TPSA) is 151 Å². The number of rotatable bonds is 7. The smallest absolute Gasteiger partial charge is 0.276 e. The highest BCUT2D eigenvalue weighted by Crippen LogP contribution is 2.27. The van der Waals surface area contributed by atoms with Crippen molar-refractivity contribution in [3.8, 4) is 0 Å². The summed E-state index contributed by atoms with van der Waals surface area (Å²) in [5, 5.41) is 11.6. The van der Waals surface area contributed by atoms with E-state index >= 15 is 0 Å². The Morgan fingerprint density at radius 1 is 0.935 bits per heavy atom. The van der Waals surface area contributed by atoms with E-state index in [1.807, 2.05) is 0 Å². The van der Waals surface area contributed by atoms with Gasteiger partial charge in [0.2, 0.25) is 11.6 Å². The van der Waals surface area contributed by atoms with E-state index in [2.05, 4.69) is 47.6 Å². The van der Waals surface area contributed by atoms with Gasteiger partial charge in [-0.05, 0) is 42.8 Å². The van der Waals surface area contributed by atoms with Gasteiger partial charge in [-0.2, -0.15) is 0 Å². The number of nitro groups is 1. The minimum absolute atomic E-state index is 0.262. The van der Waals surface area contributed by atoms with Crippen LogP contribution in [0.25, 0.3) is 0 Å². The fourth-order valence-electron chi connectivity index (χ4n) is 2.54. The summed E-state index contributed by atoms with van der Waals surface area (Å²) >= 11 is 3.27. The van der Waals surface area contributed by atoms with Gasteiger partial charge >= 0.3 is 5.69 Å². The zero-order chi connectivity index (χ0) is 22.4. The average Bonchev–Trinajstić information content (AvgIpc) is 2.76. The molecule has 158 valence electrons. The Labute approximate surface area is 184 Å². The maximum absolute atomic E-state index is 12.3. The van der Waals surface area contributed by atoms with E-state index in [4.69, 9.17) is 0 Å². The number of amides is 2. The molecule has 3 aromatic rings. The summed E-state index contributed by atoms with van der Waals surface area (Å²) < 4.78 is 0.798. The molecule has 2 aromatic carbocycles. The molecule has 0 saturated heterocycles. The van der Waals surface area contributed by atoms with Crippen LogP contribution in [0.5, 0.6) is 0 Å². The number of anilines is 2. The second kappa shape index (κ2) is 9.63. The Bertz CT molecular complexity index is 1140. The minimum atomic E-state index is -0.740. The third-order valence-corrected chi connectivity index (χ3v) is 4.62. The van der Waals surface area contributed by atoms with Crippen molar-refractivity contribution < 1.29 is 14.5 Å². The lowest BCUT2D eigenvalue weighted by Gasteiger charge is -2.12. The molecule has 0 saturated carbocycles. The zero-order valence-electron chi connectivity index (χ0n) is 16.0. The van der Waals surface area contributed by atoms with Crippen molar-refractivity contribution in [2.24, 2.45) is 0 Å². The SMILES string of the molecule is Cc1ccccc1C(=O)NNc1ncnc(NNC(=O)c2ccc(Br)cc2)c1[N+](=O)[O-]. The van der Waals surface area contributed by atoms with Crippen LogP contribution in [0.15, 0.2) is 59.3 Å². The third-order valence-electron chi connectivity index (χ3n) is 4.09. The van der Waals surface area contributed by atoms with E-state index < -0.39 is 22.4 Å². The quantitative estimate of drug-likeness (QED) is 0.294. The standard InChI is InChI=1S/C19H16BrN7O4/c1-11-4-2-3-5-14(11)19(29)26-24-17-15(27(30)31)16(21-10-22-17)23-25-18(28)12-6-8-13(20)9-7-12/h2-10H,1H3,(H,25,28)(H,26,29)(H2,21,22,23,24). The minimum Gasteiger partial charge on any atom is -0.276 e. The monoisotopic (exact) mass is 485 g/mol. The number of nitrogens with one attached hydrogen (secondary N) is 4. The first-order valence-corrected chi connectivity index (χ1v) is 9.59. The Morgan fingerprint density at radius 2 is 1.52 bits per heavy atom. The Kier molecular flexibility index (Phi) is 6.72. The summed E-state index contributed by atoms with van der Waals surface area (Å²) in [5.74, 6) is -1.55. The lowest BCUT2D eigenvalue weighted by molar-refractivity contribution is -0.383. The molecule has 0 radical (unpaired) electrons. The molecular formula is C19H16BrN7O4. The molecule has 31 heavy (non-hydrogen) atoms. The predicted octanol–water partition coefficient (Wildman–Crippen LogP) is 2.97. The van der Waals surface area contributed by atoms with Gasteiger partial charge in [0.05, 0.1) is 4.92 Å². The van der Waals surface area contributed by atoms with Crippen molar-refractivity contribution >= 4 is 45.1 Å². The molecule has 4 N–H and O–H groups in total. The van der Waals surface area contributed by atoms with E-state index in [1.54, 1.807) is 55.5 Å². The summed E-state index contributed by atoms with van der Waals surface area (Å²) in [6.07, 6.45) is 1.05. The molecule has 0 aliphatic carbocycles. The van der Waals surface area contributed by atoms with Crippen LogP contribution >= 0.6 is 15.9 Å². The molecular weight excluding hydrogens is 470 g/mol. The van der Waals surface area contributed by atoms with E-state index in [-0.39, 0.29) is 11.6 Å². The molecule has 3 rings (SSSR count). The van der Waals surface area contributed by atoms with Crippen LogP contribution in [0.3, 0.4) is 0 Å². The van der Waals surface area contributed by atoms with Crippen molar-refractivity contribution in [3.63, 3.8) is 0 Å². The number of hydrogen-bond acceptors (Lipinski definition) is 8. The number of carbonyl (C=O) groups excluding carboxylic acids is 2. The third kappa shape index (κ3) is 5.30. The second-order valence-electron chi connectivity index (χ2n) is 6.16. The molecule has 0 aliphatic rings. The van der Waals surface area contributed by atoms with Gasteiger partial charge in [-0.3, -0.25) is 41.4 Å². The maximum Gasteiger partial charge on any atom is 0.356 e. The van der Waals surface area contributed by atoms with Crippen molar-refractivity contribution in [2.45, 2.75) is 6.92 Å². The Balaban J connectivity index is 1.74. The summed E-state index contributed by atoms with van der Waals surface area (Å²) in [5.41, 5.74) is 10.5. The number of nitrogens with zero attached hydrogens (tertiary/aromatic N) is 3. The summed E-state index contributed by atoms with van der Waals surface area (Å²) in [4.78, 5) is 43.0. The maximum atomic E-state index is 12.3. The average molecular weight is 486 g/mol. The molecule has 0 fully saturated rings. The van der Waals surface area contributed by atoms with Gasteiger partial charge in [0, 0.05) is 15.6 Å². The van der Waals surface area contributed by atoms with Crippen LogP contribution in [0.1, 0.15) is 26.3 Å². The van der Waals surface area contributed by atoms with Crippen LogP contribution in [-0.4, -0.2) is 26.7 Å². The van der Waals surface area contributed by atoms with Gasteiger partial charge in [-0.25, -0.2) is 9.97 Å². The lowest BCUT2D eigenvalue weighted by atomic mass is 10.1. The predicted molar refractivity (Wildman–Crippen MR) is 116 cm³/mol. The number of carbonyl (C=O) groups is 2. The number of hydrogen-bond donors (Lipinski definition) is 4. The van der Waals surface area contributed by atoms with Gasteiger partial charge in [-0.15, -0.1) is 0 Å². The van der Waals surface area contributed by atoms with Crippen molar-refractivity contribution in [1.29, 1.82) is 0 Å². The largest absolute Gasteiger partial charge is 0.356 e. The lowest BCUT2D eigenvalue weighted by Crippen LogP contribution is -2.32. The fraction of sp³-hybridized carbons (Fsp3) is 0.0526. The molecule has 0 aliphatic heterocycles. The fourth-order valence-corrected chi connectivity index (χ4v) is 2.80. The number of hydrazine groups is 2. The van der Waals surface area contributed by atoms with Gasteiger partial charge in [0.25, 0.3) is 11.8 Å². The number of aryl methyl sites for hydroxylation is 1. The Hall–Kier alpha value is -4.06. The van der Waals surface area contributed by atoms with Crippen molar-refractivity contribution in [2.75, 3.05) is 10.9 Å². The molecule has 2 amide bonds. The first kappa shape index (κ1) is 21.6. The normalized spacial score (nSPS) is 10.1. The van der Waals surface area contributed by atoms with Crippen LogP contribution < -0.4 is 21.7 Å². The van der Waals surface area contributed by atoms with Crippen molar-refractivity contribution in [3.05, 3.63) is 86.1 Å². The van der Waals surface area contributed by atoms with E-state index in [0.717, 1.165) is 16.4 Å². The van der Waals surface area contributed by atoms with Crippen LogP contribution in [0, 0.1) is 17.0 Å². The second-order valence-corrected chi connectivity index (χ2v) is 7.07. The highest BCUT2D eigenvalue weighted by Gasteiger charge is 2.24. The molecule has 1 heterocycles. The van der Waals surface area contributed by atoms with Crippen LogP contribution in [0.4, 0.5) is 17.3 Å². The number of aromatic nitrogens is 2. The van der Waals surface area contributed by atoms with Crippen LogP contribution in [-0.2, 0) is 0 Å². The summed E-state index contributed by atoms with van der Waals surface area (Å²) in [7, 11) is 0. The number of halogens is 1. The highest BCUT2D eigenvalue weighted by atomic mass is 79.9. The van der Waals surface area contributed by atoms with Crippen molar-refractivity contribution in [1.82, 2.24) is 20.8 Å². The first-order chi connectivity index (χ1) is 14.9. The van der Waals surface area contributed by atoms with E-state index in [0.29, 0.717) is 11.1 Å². The van der Waals surface area contributed by atoms with Gasteiger partial charge < -0.3 is 0 Å². The highest BCUT2D eigenvalue weighted by molar-refractivity contribution is 9.10. The van der Waals surface area contributed by atoms with Gasteiger partial charge in [-0.1, -0.05) is 34.1 Å². The summed E-state index contributed by atoms with van der Waals surface area (Å²) in [6, 6.07) is 13.4. The van der Waals surface area contributed by atoms with Gasteiger partial charge in [0.1, 0.15) is 6.33 Å². The molecule has 0 spiro atoms. The molecule has 0 bridgehead atoms. The zero-order valence-corrected chi connectivity index (χ0v) is 17.6.